The number of hydrogen-bond acceptors (Lipinski definition) is 1. The summed E-state index contributed by atoms with van der Waals surface area (Å²) in [6, 6.07) is 2.01. The molecule has 1 aromatic rings. The van der Waals surface area contributed by atoms with Gasteiger partial charge in [-0.1, -0.05) is 57.1 Å². The third-order valence-electron chi connectivity index (χ3n) is 7.72. The summed E-state index contributed by atoms with van der Waals surface area (Å²) in [5, 5.41) is 0. The lowest BCUT2D eigenvalue weighted by molar-refractivity contribution is -0.276. The number of alkyl halides is 3. The molecule has 2 aliphatic rings. The standard InChI is InChI=1S/C27H37F5O/c1-2-3-4-5-6-19-7-9-20(10-8-19)11-12-21-13-15-22(16-14-21)23-17-24(28)26(25(29)18-23)33-27(30,31)32/h2-3,17-22H,4-16H2,1H3/b3-2+/t19-,20-,21-,22-. The van der Waals surface area contributed by atoms with Crippen LogP contribution >= 0.6 is 0 Å². The van der Waals surface area contributed by atoms with Crippen molar-refractivity contribution in [1.82, 2.24) is 0 Å². The third-order valence-corrected chi connectivity index (χ3v) is 7.72. The summed E-state index contributed by atoms with van der Waals surface area (Å²) in [7, 11) is 0. The molecule has 0 atom stereocenters. The molecule has 2 aliphatic carbocycles. The van der Waals surface area contributed by atoms with Crippen molar-refractivity contribution in [3.05, 3.63) is 41.5 Å². The SMILES string of the molecule is C/C=C/CCC[C@H]1CC[C@H](CC[C@H]2CC[C@H](c3cc(F)c(OC(F)(F)F)c(F)c3)CC2)CC1. The van der Waals surface area contributed by atoms with Gasteiger partial charge in [0, 0.05) is 0 Å². The lowest BCUT2D eigenvalue weighted by atomic mass is 9.74. The number of allylic oxidation sites excluding steroid dienone is 2. The van der Waals surface area contributed by atoms with Crippen LogP contribution in [0.1, 0.15) is 102 Å². The van der Waals surface area contributed by atoms with Gasteiger partial charge in [0.2, 0.25) is 5.75 Å². The zero-order valence-electron chi connectivity index (χ0n) is 19.6. The highest BCUT2D eigenvalue weighted by molar-refractivity contribution is 5.33. The molecule has 33 heavy (non-hydrogen) atoms. The quantitative estimate of drug-likeness (QED) is 0.198. The fraction of sp³-hybridized carbons (Fsp3) is 0.704. The molecule has 0 radical (unpaired) electrons. The molecule has 0 aliphatic heterocycles. The molecule has 186 valence electrons. The largest absolute Gasteiger partial charge is 0.573 e. The summed E-state index contributed by atoms with van der Waals surface area (Å²) in [6.45, 7) is 2.08. The number of hydrogen-bond donors (Lipinski definition) is 0. The van der Waals surface area contributed by atoms with E-state index >= 15 is 0 Å². The zero-order chi connectivity index (χ0) is 23.8. The van der Waals surface area contributed by atoms with E-state index in [9.17, 15) is 22.0 Å². The van der Waals surface area contributed by atoms with Crippen molar-refractivity contribution in [2.45, 2.75) is 103 Å². The minimum atomic E-state index is -5.12. The minimum absolute atomic E-state index is 0.0109. The van der Waals surface area contributed by atoms with Crippen LogP contribution in [0.15, 0.2) is 24.3 Å². The van der Waals surface area contributed by atoms with E-state index < -0.39 is 23.7 Å². The Bertz CT molecular complexity index is 733. The van der Waals surface area contributed by atoms with Gasteiger partial charge >= 0.3 is 6.36 Å². The number of unbranched alkanes of at least 4 members (excludes halogenated alkanes) is 1. The van der Waals surface area contributed by atoms with Crippen LogP contribution in [0.3, 0.4) is 0 Å². The van der Waals surface area contributed by atoms with Crippen LogP contribution in [-0.2, 0) is 0 Å². The summed E-state index contributed by atoms with van der Waals surface area (Å²) in [5.74, 6) is -1.59. The third kappa shape index (κ3) is 8.29. The van der Waals surface area contributed by atoms with Crippen LogP contribution in [0.4, 0.5) is 22.0 Å². The highest BCUT2D eigenvalue weighted by Crippen LogP contribution is 2.41. The van der Waals surface area contributed by atoms with Gasteiger partial charge < -0.3 is 4.74 Å². The Hall–Kier alpha value is -1.59. The molecular weight excluding hydrogens is 435 g/mol. The Labute approximate surface area is 194 Å². The molecule has 0 spiro atoms. The molecule has 0 aromatic heterocycles. The fourth-order valence-electron chi connectivity index (χ4n) is 5.78. The maximum absolute atomic E-state index is 14.1. The van der Waals surface area contributed by atoms with E-state index in [1.807, 2.05) is 0 Å². The second-order valence-corrected chi connectivity index (χ2v) is 10.0. The first-order valence-corrected chi connectivity index (χ1v) is 12.6. The summed E-state index contributed by atoms with van der Waals surface area (Å²) in [6.07, 6.45) is 14.7. The molecule has 1 aromatic carbocycles. The van der Waals surface area contributed by atoms with Crippen molar-refractivity contribution in [3.8, 4) is 5.75 Å². The molecular formula is C27H37F5O. The topological polar surface area (TPSA) is 9.23 Å². The summed E-state index contributed by atoms with van der Waals surface area (Å²) in [5.41, 5.74) is 0.436. The monoisotopic (exact) mass is 472 g/mol. The highest BCUT2D eigenvalue weighted by atomic mass is 19.4. The summed E-state index contributed by atoms with van der Waals surface area (Å²) >= 11 is 0. The van der Waals surface area contributed by atoms with Crippen molar-refractivity contribution in [3.63, 3.8) is 0 Å². The van der Waals surface area contributed by atoms with Gasteiger partial charge in [-0.3, -0.25) is 0 Å². The summed E-state index contributed by atoms with van der Waals surface area (Å²) < 4.78 is 68.6. The van der Waals surface area contributed by atoms with Crippen molar-refractivity contribution in [1.29, 1.82) is 0 Å². The van der Waals surface area contributed by atoms with Gasteiger partial charge in [-0.2, -0.15) is 0 Å². The Morgan fingerprint density at radius 2 is 1.30 bits per heavy atom. The van der Waals surface area contributed by atoms with E-state index in [1.54, 1.807) is 0 Å². The molecule has 0 unspecified atom stereocenters. The number of halogens is 5. The molecule has 0 N–H and O–H groups in total. The van der Waals surface area contributed by atoms with Crippen LogP contribution in [-0.4, -0.2) is 6.36 Å². The number of ether oxygens (including phenoxy) is 1. The Morgan fingerprint density at radius 3 is 1.79 bits per heavy atom. The van der Waals surface area contributed by atoms with Crippen LogP contribution < -0.4 is 4.74 Å². The average molecular weight is 473 g/mol. The van der Waals surface area contributed by atoms with E-state index in [2.05, 4.69) is 23.8 Å². The lowest BCUT2D eigenvalue weighted by Gasteiger charge is -2.32. The van der Waals surface area contributed by atoms with E-state index in [0.29, 0.717) is 11.5 Å². The first-order chi connectivity index (χ1) is 15.7. The van der Waals surface area contributed by atoms with Crippen LogP contribution in [0.2, 0.25) is 0 Å². The Morgan fingerprint density at radius 1 is 0.818 bits per heavy atom. The number of benzene rings is 1. The Kier molecular flexibility index (Phi) is 9.63. The smallest absolute Gasteiger partial charge is 0.399 e. The maximum atomic E-state index is 14.1. The summed E-state index contributed by atoms with van der Waals surface area (Å²) in [4.78, 5) is 0. The molecule has 2 saturated carbocycles. The van der Waals surface area contributed by atoms with Crippen molar-refractivity contribution in [2.75, 3.05) is 0 Å². The minimum Gasteiger partial charge on any atom is -0.399 e. The van der Waals surface area contributed by atoms with Gasteiger partial charge in [0.05, 0.1) is 0 Å². The zero-order valence-corrected chi connectivity index (χ0v) is 19.6. The first kappa shape index (κ1) is 26.0. The van der Waals surface area contributed by atoms with E-state index in [4.69, 9.17) is 0 Å². The van der Waals surface area contributed by atoms with Gasteiger partial charge in [0.15, 0.2) is 11.6 Å². The molecule has 2 fully saturated rings. The molecule has 0 heterocycles. The van der Waals surface area contributed by atoms with Gasteiger partial charge in [0.25, 0.3) is 0 Å². The normalized spacial score (nSPS) is 26.6. The maximum Gasteiger partial charge on any atom is 0.573 e. The van der Waals surface area contributed by atoms with Crippen molar-refractivity contribution < 1.29 is 26.7 Å². The van der Waals surface area contributed by atoms with Crippen LogP contribution in [0.5, 0.6) is 5.75 Å². The van der Waals surface area contributed by atoms with Gasteiger partial charge in [0.1, 0.15) is 0 Å². The lowest BCUT2D eigenvalue weighted by Crippen LogP contribution is -2.20. The molecule has 1 nitrogen and oxygen atoms in total. The average Bonchev–Trinajstić information content (AvgIpc) is 2.78. The van der Waals surface area contributed by atoms with Gasteiger partial charge in [-0.05, 0) is 86.8 Å². The predicted molar refractivity (Wildman–Crippen MR) is 121 cm³/mol. The predicted octanol–water partition coefficient (Wildman–Crippen LogP) is 9.47. The molecule has 0 amide bonds. The Balaban J connectivity index is 1.38. The second-order valence-electron chi connectivity index (χ2n) is 10.0. The highest BCUT2D eigenvalue weighted by Gasteiger charge is 2.35. The molecule has 0 saturated heterocycles. The van der Waals surface area contributed by atoms with Crippen molar-refractivity contribution in [2.24, 2.45) is 17.8 Å². The van der Waals surface area contributed by atoms with Crippen molar-refractivity contribution >= 4 is 0 Å². The molecule has 6 heteroatoms. The number of rotatable bonds is 9. The van der Waals surface area contributed by atoms with Gasteiger partial charge in [-0.15, -0.1) is 13.2 Å². The molecule has 0 bridgehead atoms. The first-order valence-electron chi connectivity index (χ1n) is 12.6. The van der Waals surface area contributed by atoms with E-state index in [-0.39, 0.29) is 5.92 Å². The van der Waals surface area contributed by atoms with Crippen LogP contribution in [0, 0.1) is 29.4 Å². The second kappa shape index (κ2) is 12.2. The molecule has 3 rings (SSSR count). The van der Waals surface area contributed by atoms with E-state index in [0.717, 1.165) is 49.7 Å². The van der Waals surface area contributed by atoms with E-state index in [1.165, 1.54) is 57.8 Å². The van der Waals surface area contributed by atoms with Crippen LogP contribution in [0.25, 0.3) is 0 Å². The fourth-order valence-corrected chi connectivity index (χ4v) is 5.78. The van der Waals surface area contributed by atoms with Gasteiger partial charge in [-0.25, -0.2) is 8.78 Å².